The summed E-state index contributed by atoms with van der Waals surface area (Å²) in [5, 5.41) is 4.82. The van der Waals surface area contributed by atoms with Crippen LogP contribution in [-0.2, 0) is 12.8 Å². The summed E-state index contributed by atoms with van der Waals surface area (Å²) in [5.74, 6) is 1.64. The summed E-state index contributed by atoms with van der Waals surface area (Å²) in [6.07, 6.45) is 6.41. The molecule has 4 rings (SSSR count). The Morgan fingerprint density at radius 2 is 2.16 bits per heavy atom. The Morgan fingerprint density at radius 1 is 1.20 bits per heavy atom. The fraction of sp³-hybridized carbons (Fsp3) is 0.364. The minimum atomic E-state index is 0.589. The standard InChI is InChI=1S/C22H25NO2/c1-24-21-7-3-5-19-18(4-2-6-20(19)21)15-23-12-10-16-8-9-17-11-13-25-22(17)14-16/h3,5,7-9,11,13-14,18,23H,2,4,6,10,12,15H2,1H3/t18-/m0/s1. The molecular weight excluding hydrogens is 310 g/mol. The molecule has 3 aromatic rings. The van der Waals surface area contributed by atoms with Crippen molar-refractivity contribution in [2.24, 2.45) is 0 Å². The quantitative estimate of drug-likeness (QED) is 0.663. The van der Waals surface area contributed by atoms with Crippen LogP contribution >= 0.6 is 0 Å². The monoisotopic (exact) mass is 335 g/mol. The largest absolute Gasteiger partial charge is 0.496 e. The number of nitrogens with one attached hydrogen (secondary N) is 1. The molecule has 3 heteroatoms. The summed E-state index contributed by atoms with van der Waals surface area (Å²) >= 11 is 0. The van der Waals surface area contributed by atoms with E-state index in [1.54, 1.807) is 13.4 Å². The Labute approximate surface area is 149 Å². The minimum Gasteiger partial charge on any atom is -0.496 e. The van der Waals surface area contributed by atoms with Gasteiger partial charge in [-0.25, -0.2) is 0 Å². The molecular formula is C22H25NO2. The molecule has 130 valence electrons. The van der Waals surface area contributed by atoms with Crippen LogP contribution in [0.2, 0.25) is 0 Å². The van der Waals surface area contributed by atoms with Crippen molar-refractivity contribution in [2.75, 3.05) is 20.2 Å². The molecule has 0 radical (unpaired) electrons. The van der Waals surface area contributed by atoms with Gasteiger partial charge >= 0.3 is 0 Å². The smallest absolute Gasteiger partial charge is 0.134 e. The summed E-state index contributed by atoms with van der Waals surface area (Å²) in [5.41, 5.74) is 5.17. The highest BCUT2D eigenvalue weighted by Gasteiger charge is 2.22. The SMILES string of the molecule is COc1cccc2c1CCC[C@H]2CNCCc1ccc2ccoc2c1. The maximum atomic E-state index is 5.54. The van der Waals surface area contributed by atoms with Crippen LogP contribution in [0.5, 0.6) is 5.75 Å². The molecule has 0 unspecified atom stereocenters. The van der Waals surface area contributed by atoms with E-state index in [0.29, 0.717) is 5.92 Å². The van der Waals surface area contributed by atoms with Gasteiger partial charge in [-0.2, -0.15) is 0 Å². The number of ether oxygens (including phenoxy) is 1. The Bertz CT molecular complexity index is 852. The molecule has 0 fully saturated rings. The van der Waals surface area contributed by atoms with Gasteiger partial charge in [0.15, 0.2) is 0 Å². The van der Waals surface area contributed by atoms with Gasteiger partial charge < -0.3 is 14.5 Å². The lowest BCUT2D eigenvalue weighted by molar-refractivity contribution is 0.401. The molecule has 2 aromatic carbocycles. The predicted octanol–water partition coefficient (Wildman–Crippen LogP) is 4.69. The lowest BCUT2D eigenvalue weighted by Gasteiger charge is -2.27. The van der Waals surface area contributed by atoms with E-state index >= 15 is 0 Å². The first-order chi connectivity index (χ1) is 12.3. The Morgan fingerprint density at radius 3 is 3.08 bits per heavy atom. The average molecular weight is 335 g/mol. The van der Waals surface area contributed by atoms with E-state index in [4.69, 9.17) is 9.15 Å². The van der Waals surface area contributed by atoms with Crippen LogP contribution < -0.4 is 10.1 Å². The molecule has 0 saturated carbocycles. The van der Waals surface area contributed by atoms with Crippen LogP contribution in [0.1, 0.15) is 35.4 Å². The number of hydrogen-bond donors (Lipinski definition) is 1. The average Bonchev–Trinajstić information content (AvgIpc) is 3.12. The van der Waals surface area contributed by atoms with E-state index in [-0.39, 0.29) is 0 Å². The van der Waals surface area contributed by atoms with Gasteiger partial charge in [-0.1, -0.05) is 24.3 Å². The van der Waals surface area contributed by atoms with Crippen molar-refractivity contribution in [1.29, 1.82) is 0 Å². The van der Waals surface area contributed by atoms with Gasteiger partial charge in [0.25, 0.3) is 0 Å². The number of rotatable bonds is 6. The third kappa shape index (κ3) is 3.42. The fourth-order valence-corrected chi connectivity index (χ4v) is 3.98. The molecule has 1 aliphatic carbocycles. The number of hydrogen-bond acceptors (Lipinski definition) is 3. The number of fused-ring (bicyclic) bond motifs is 2. The minimum absolute atomic E-state index is 0.589. The third-order valence-electron chi connectivity index (χ3n) is 5.31. The van der Waals surface area contributed by atoms with E-state index in [2.05, 4.69) is 41.7 Å². The zero-order valence-corrected chi connectivity index (χ0v) is 14.8. The van der Waals surface area contributed by atoms with Crippen LogP contribution in [-0.4, -0.2) is 20.2 Å². The van der Waals surface area contributed by atoms with Crippen molar-refractivity contribution < 1.29 is 9.15 Å². The molecule has 0 spiro atoms. The maximum absolute atomic E-state index is 5.54. The molecule has 0 saturated heterocycles. The number of methoxy groups -OCH3 is 1. The lowest BCUT2D eigenvalue weighted by Crippen LogP contribution is -2.26. The van der Waals surface area contributed by atoms with Crippen LogP contribution in [0.4, 0.5) is 0 Å². The van der Waals surface area contributed by atoms with E-state index < -0.39 is 0 Å². The molecule has 1 N–H and O–H groups in total. The third-order valence-corrected chi connectivity index (χ3v) is 5.31. The highest BCUT2D eigenvalue weighted by Crippen LogP contribution is 2.36. The topological polar surface area (TPSA) is 34.4 Å². The number of benzene rings is 2. The Kier molecular flexibility index (Phi) is 4.75. The summed E-state index contributed by atoms with van der Waals surface area (Å²) in [7, 11) is 1.77. The summed E-state index contributed by atoms with van der Waals surface area (Å²) < 4.78 is 11.0. The Balaban J connectivity index is 1.35. The second-order valence-corrected chi connectivity index (χ2v) is 6.86. The van der Waals surface area contributed by atoms with Crippen LogP contribution in [0.25, 0.3) is 11.0 Å². The molecule has 0 bridgehead atoms. The number of furan rings is 1. The highest BCUT2D eigenvalue weighted by molar-refractivity contribution is 5.77. The van der Waals surface area contributed by atoms with Gasteiger partial charge in [0, 0.05) is 11.9 Å². The molecule has 0 aliphatic heterocycles. The van der Waals surface area contributed by atoms with Crippen molar-refractivity contribution in [2.45, 2.75) is 31.6 Å². The summed E-state index contributed by atoms with van der Waals surface area (Å²) in [4.78, 5) is 0. The zero-order chi connectivity index (χ0) is 17.1. The predicted molar refractivity (Wildman–Crippen MR) is 101 cm³/mol. The van der Waals surface area contributed by atoms with Crippen molar-refractivity contribution in [3.8, 4) is 5.75 Å². The van der Waals surface area contributed by atoms with E-state index in [0.717, 1.165) is 37.3 Å². The van der Waals surface area contributed by atoms with Gasteiger partial charge in [0.1, 0.15) is 11.3 Å². The van der Waals surface area contributed by atoms with E-state index in [1.807, 2.05) is 6.07 Å². The first kappa shape index (κ1) is 16.2. The molecule has 1 aromatic heterocycles. The summed E-state index contributed by atoms with van der Waals surface area (Å²) in [6.45, 7) is 2.02. The normalized spacial score (nSPS) is 16.8. The lowest BCUT2D eigenvalue weighted by atomic mass is 9.82. The molecule has 3 nitrogen and oxygen atoms in total. The van der Waals surface area contributed by atoms with Gasteiger partial charge in [-0.05, 0) is 73.0 Å². The molecule has 1 heterocycles. The van der Waals surface area contributed by atoms with E-state index in [1.165, 1.54) is 34.9 Å². The maximum Gasteiger partial charge on any atom is 0.134 e. The fourth-order valence-electron chi connectivity index (χ4n) is 3.98. The van der Waals surface area contributed by atoms with Gasteiger partial charge in [-0.15, -0.1) is 0 Å². The van der Waals surface area contributed by atoms with Crippen molar-refractivity contribution in [3.05, 3.63) is 65.4 Å². The van der Waals surface area contributed by atoms with Crippen molar-refractivity contribution in [3.63, 3.8) is 0 Å². The highest BCUT2D eigenvalue weighted by atomic mass is 16.5. The first-order valence-corrected chi connectivity index (χ1v) is 9.18. The zero-order valence-electron chi connectivity index (χ0n) is 14.8. The molecule has 1 aliphatic rings. The van der Waals surface area contributed by atoms with Crippen LogP contribution in [0.15, 0.2) is 53.1 Å². The second-order valence-electron chi connectivity index (χ2n) is 6.86. The van der Waals surface area contributed by atoms with Gasteiger partial charge in [0.05, 0.1) is 13.4 Å². The second kappa shape index (κ2) is 7.32. The molecule has 0 amide bonds. The molecule has 1 atom stereocenters. The van der Waals surface area contributed by atoms with Crippen molar-refractivity contribution >= 4 is 11.0 Å². The van der Waals surface area contributed by atoms with Crippen LogP contribution in [0.3, 0.4) is 0 Å². The van der Waals surface area contributed by atoms with E-state index in [9.17, 15) is 0 Å². The van der Waals surface area contributed by atoms with Gasteiger partial charge in [-0.3, -0.25) is 0 Å². The van der Waals surface area contributed by atoms with Crippen LogP contribution in [0, 0.1) is 0 Å². The van der Waals surface area contributed by atoms with Gasteiger partial charge in [0.2, 0.25) is 0 Å². The summed E-state index contributed by atoms with van der Waals surface area (Å²) in [6, 6.07) is 15.0. The first-order valence-electron chi connectivity index (χ1n) is 9.18. The molecule has 25 heavy (non-hydrogen) atoms. The van der Waals surface area contributed by atoms with Crippen molar-refractivity contribution in [1.82, 2.24) is 5.32 Å². The Hall–Kier alpha value is -2.26.